The minimum absolute atomic E-state index is 0.342. The summed E-state index contributed by atoms with van der Waals surface area (Å²) in [6.45, 7) is 1.70. The first-order chi connectivity index (χ1) is 8.04. The van der Waals surface area contributed by atoms with Crippen LogP contribution in [0.4, 0.5) is 10.5 Å². The highest BCUT2D eigenvalue weighted by molar-refractivity contribution is 14.1. The number of carboxylic acid groups (broad SMARTS) is 1. The van der Waals surface area contributed by atoms with E-state index < -0.39 is 18.0 Å². The SMILES string of the molecule is CC[C@H](NC(=O)Nc1ccccc1I)C(=O)O. The second-order valence-electron chi connectivity index (χ2n) is 3.38. The molecule has 3 N–H and O–H groups in total. The molecule has 5 nitrogen and oxygen atoms in total. The second kappa shape index (κ2) is 6.43. The largest absolute Gasteiger partial charge is 0.480 e. The Labute approximate surface area is 113 Å². The monoisotopic (exact) mass is 348 g/mol. The van der Waals surface area contributed by atoms with E-state index in [9.17, 15) is 9.59 Å². The second-order valence-corrected chi connectivity index (χ2v) is 4.54. The third-order valence-electron chi connectivity index (χ3n) is 2.13. The van der Waals surface area contributed by atoms with Crippen molar-refractivity contribution in [1.29, 1.82) is 0 Å². The summed E-state index contributed by atoms with van der Waals surface area (Å²) in [5.74, 6) is -1.04. The molecule has 0 spiro atoms. The van der Waals surface area contributed by atoms with Crippen LogP contribution in [0.2, 0.25) is 0 Å². The van der Waals surface area contributed by atoms with Crippen LogP contribution >= 0.6 is 22.6 Å². The average Bonchev–Trinajstić information content (AvgIpc) is 2.28. The zero-order chi connectivity index (χ0) is 12.8. The van der Waals surface area contributed by atoms with Crippen molar-refractivity contribution in [3.8, 4) is 0 Å². The lowest BCUT2D eigenvalue weighted by atomic mass is 10.2. The number of halogens is 1. The van der Waals surface area contributed by atoms with Crippen LogP contribution in [0.5, 0.6) is 0 Å². The lowest BCUT2D eigenvalue weighted by molar-refractivity contribution is -0.139. The van der Waals surface area contributed by atoms with Gasteiger partial charge in [-0.2, -0.15) is 0 Å². The van der Waals surface area contributed by atoms with Gasteiger partial charge >= 0.3 is 12.0 Å². The predicted molar refractivity (Wildman–Crippen MR) is 73.0 cm³/mol. The van der Waals surface area contributed by atoms with E-state index in [1.807, 2.05) is 12.1 Å². The van der Waals surface area contributed by atoms with E-state index in [4.69, 9.17) is 5.11 Å². The summed E-state index contributed by atoms with van der Waals surface area (Å²) in [7, 11) is 0. The molecule has 0 aromatic heterocycles. The number of aliphatic carboxylic acids is 1. The summed E-state index contributed by atoms with van der Waals surface area (Å²) < 4.78 is 0.892. The first-order valence-electron chi connectivity index (χ1n) is 5.09. The topological polar surface area (TPSA) is 78.4 Å². The Hall–Kier alpha value is -1.31. The average molecular weight is 348 g/mol. The molecule has 92 valence electrons. The molecule has 0 heterocycles. The van der Waals surface area contributed by atoms with E-state index >= 15 is 0 Å². The molecule has 2 amide bonds. The lowest BCUT2D eigenvalue weighted by Gasteiger charge is -2.13. The number of hydrogen-bond acceptors (Lipinski definition) is 2. The van der Waals surface area contributed by atoms with Gasteiger partial charge in [0.2, 0.25) is 0 Å². The van der Waals surface area contributed by atoms with E-state index in [-0.39, 0.29) is 0 Å². The molecule has 0 aliphatic carbocycles. The van der Waals surface area contributed by atoms with Gasteiger partial charge in [-0.15, -0.1) is 0 Å². The Morgan fingerprint density at radius 2 is 2.06 bits per heavy atom. The molecule has 6 heteroatoms. The Bertz CT molecular complexity index is 423. The van der Waals surface area contributed by atoms with Crippen LogP contribution in [0.25, 0.3) is 0 Å². The first kappa shape index (κ1) is 13.8. The van der Waals surface area contributed by atoms with Crippen molar-refractivity contribution in [2.45, 2.75) is 19.4 Å². The van der Waals surface area contributed by atoms with E-state index in [1.54, 1.807) is 19.1 Å². The van der Waals surface area contributed by atoms with E-state index in [0.717, 1.165) is 3.57 Å². The molecule has 0 saturated carbocycles. The number of nitrogens with one attached hydrogen (secondary N) is 2. The van der Waals surface area contributed by atoms with Gasteiger partial charge in [0, 0.05) is 3.57 Å². The van der Waals surface area contributed by atoms with Crippen LogP contribution in [-0.2, 0) is 4.79 Å². The maximum Gasteiger partial charge on any atom is 0.326 e. The van der Waals surface area contributed by atoms with Crippen LogP contribution in [0, 0.1) is 3.57 Å². The fraction of sp³-hybridized carbons (Fsp3) is 0.273. The summed E-state index contributed by atoms with van der Waals surface area (Å²) in [4.78, 5) is 22.3. The van der Waals surface area contributed by atoms with Crippen molar-refractivity contribution in [1.82, 2.24) is 5.32 Å². The zero-order valence-electron chi connectivity index (χ0n) is 9.24. The number of amides is 2. The molecule has 0 unspecified atom stereocenters. The minimum Gasteiger partial charge on any atom is -0.480 e. The van der Waals surface area contributed by atoms with E-state index in [1.165, 1.54) is 0 Å². The zero-order valence-corrected chi connectivity index (χ0v) is 11.4. The van der Waals surface area contributed by atoms with Crippen molar-refractivity contribution in [3.05, 3.63) is 27.8 Å². The Kier molecular flexibility index (Phi) is 5.20. The van der Waals surface area contributed by atoms with Crippen molar-refractivity contribution in [3.63, 3.8) is 0 Å². The molecular formula is C11H13IN2O3. The molecule has 1 rings (SSSR count). The number of benzene rings is 1. The number of carbonyl (C=O) groups excluding carboxylic acids is 1. The molecule has 1 aromatic carbocycles. The lowest BCUT2D eigenvalue weighted by Crippen LogP contribution is -2.42. The summed E-state index contributed by atoms with van der Waals surface area (Å²) in [5, 5.41) is 13.8. The van der Waals surface area contributed by atoms with Crippen molar-refractivity contribution < 1.29 is 14.7 Å². The van der Waals surface area contributed by atoms with Crippen molar-refractivity contribution in [2.75, 3.05) is 5.32 Å². The summed E-state index contributed by atoms with van der Waals surface area (Å²) in [5.41, 5.74) is 0.658. The Balaban J connectivity index is 2.61. The standard InChI is InChI=1S/C11H13IN2O3/c1-2-8(10(15)16)13-11(17)14-9-6-4-3-5-7(9)12/h3-6,8H,2H2,1H3,(H,15,16)(H2,13,14,17)/t8-/m0/s1. The number of para-hydroxylation sites is 1. The first-order valence-corrected chi connectivity index (χ1v) is 6.17. The van der Waals surface area contributed by atoms with Crippen molar-refractivity contribution >= 4 is 40.3 Å². The number of hydrogen-bond donors (Lipinski definition) is 3. The molecule has 1 atom stereocenters. The number of urea groups is 1. The van der Waals surface area contributed by atoms with Crippen LogP contribution in [-0.4, -0.2) is 23.1 Å². The number of anilines is 1. The van der Waals surface area contributed by atoms with Gasteiger partial charge in [-0.25, -0.2) is 9.59 Å². The van der Waals surface area contributed by atoms with Gasteiger partial charge in [0.05, 0.1) is 5.69 Å². The van der Waals surface area contributed by atoms with Gasteiger partial charge in [0.15, 0.2) is 0 Å². The molecule has 0 radical (unpaired) electrons. The van der Waals surface area contributed by atoms with Gasteiger partial charge < -0.3 is 15.7 Å². The fourth-order valence-electron chi connectivity index (χ4n) is 1.22. The van der Waals surface area contributed by atoms with Crippen LogP contribution in [0.15, 0.2) is 24.3 Å². The van der Waals surface area contributed by atoms with Crippen LogP contribution in [0.1, 0.15) is 13.3 Å². The van der Waals surface area contributed by atoms with Gasteiger partial charge in [-0.1, -0.05) is 19.1 Å². The fourth-order valence-corrected chi connectivity index (χ4v) is 1.74. The highest BCUT2D eigenvalue weighted by Gasteiger charge is 2.17. The van der Waals surface area contributed by atoms with Crippen molar-refractivity contribution in [2.24, 2.45) is 0 Å². The number of carbonyl (C=O) groups is 2. The Morgan fingerprint density at radius 3 is 2.59 bits per heavy atom. The van der Waals surface area contributed by atoms with Gasteiger partial charge in [0.25, 0.3) is 0 Å². The molecule has 17 heavy (non-hydrogen) atoms. The maximum absolute atomic E-state index is 11.5. The molecule has 0 saturated heterocycles. The van der Waals surface area contributed by atoms with Gasteiger partial charge in [-0.3, -0.25) is 0 Å². The predicted octanol–water partition coefficient (Wildman–Crippen LogP) is 2.28. The summed E-state index contributed by atoms with van der Waals surface area (Å²) in [6, 6.07) is 5.89. The van der Waals surface area contributed by atoms with E-state index in [0.29, 0.717) is 12.1 Å². The normalized spacial score (nSPS) is 11.6. The van der Waals surface area contributed by atoms with Gasteiger partial charge in [-0.05, 0) is 41.1 Å². The molecule has 0 aliphatic heterocycles. The number of carboxylic acids is 1. The number of rotatable bonds is 4. The third-order valence-corrected chi connectivity index (χ3v) is 3.07. The van der Waals surface area contributed by atoms with Crippen LogP contribution < -0.4 is 10.6 Å². The van der Waals surface area contributed by atoms with Gasteiger partial charge in [0.1, 0.15) is 6.04 Å². The molecular weight excluding hydrogens is 335 g/mol. The molecule has 0 bridgehead atoms. The molecule has 1 aromatic rings. The smallest absolute Gasteiger partial charge is 0.326 e. The Morgan fingerprint density at radius 1 is 1.41 bits per heavy atom. The highest BCUT2D eigenvalue weighted by atomic mass is 127. The molecule has 0 fully saturated rings. The summed E-state index contributed by atoms with van der Waals surface area (Å²) in [6.07, 6.45) is 0.342. The van der Waals surface area contributed by atoms with Crippen LogP contribution in [0.3, 0.4) is 0 Å². The quantitative estimate of drug-likeness (QED) is 0.731. The highest BCUT2D eigenvalue weighted by Crippen LogP contribution is 2.16. The van der Waals surface area contributed by atoms with E-state index in [2.05, 4.69) is 33.2 Å². The third kappa shape index (κ3) is 4.22. The summed E-state index contributed by atoms with van der Waals surface area (Å²) >= 11 is 2.09. The molecule has 0 aliphatic rings. The maximum atomic E-state index is 11.5. The minimum atomic E-state index is -1.04.